The maximum absolute atomic E-state index is 13.8. The first-order valence-electron chi connectivity index (χ1n) is 5.73. The summed E-state index contributed by atoms with van der Waals surface area (Å²) < 4.78 is 71.2. The molecule has 1 aliphatic heterocycles. The molecule has 1 atom stereocenters. The van der Waals surface area contributed by atoms with Gasteiger partial charge in [0.15, 0.2) is 9.84 Å². The highest BCUT2D eigenvalue weighted by Gasteiger charge is 2.40. The summed E-state index contributed by atoms with van der Waals surface area (Å²) in [6, 6.07) is 2.81. The Kier molecular flexibility index (Phi) is 3.79. The molecular weight excluding hydrogens is 328 g/mol. The summed E-state index contributed by atoms with van der Waals surface area (Å²) in [4.78, 5) is 12.2. The van der Waals surface area contributed by atoms with E-state index in [-0.39, 0.29) is 10.6 Å². The summed E-state index contributed by atoms with van der Waals surface area (Å²) >= 11 is 0. The van der Waals surface area contributed by atoms with Crippen LogP contribution in [0, 0.1) is 5.82 Å². The SMILES string of the molecule is CS(=O)(=O)c1ccc(F)c(N2CC(S(=O)(=O)F)CC2=O)c1. The molecule has 21 heavy (non-hydrogen) atoms. The normalized spacial score (nSPS) is 20.0. The molecule has 116 valence electrons. The molecule has 0 radical (unpaired) electrons. The first-order chi connectivity index (χ1) is 9.50. The number of carbonyl (C=O) groups excluding carboxylic acids is 1. The van der Waals surface area contributed by atoms with Crippen LogP contribution in [0.3, 0.4) is 0 Å². The van der Waals surface area contributed by atoms with Gasteiger partial charge in [-0.2, -0.15) is 8.42 Å². The fourth-order valence-corrected chi connectivity index (χ4v) is 3.34. The molecular formula is C11H11F2NO5S2. The minimum absolute atomic E-state index is 0.224. The van der Waals surface area contributed by atoms with Crippen molar-refractivity contribution < 1.29 is 29.9 Å². The van der Waals surface area contributed by atoms with Crippen molar-refractivity contribution >= 4 is 31.7 Å². The Morgan fingerprint density at radius 2 is 1.86 bits per heavy atom. The molecule has 0 N–H and O–H groups in total. The Morgan fingerprint density at radius 3 is 2.33 bits per heavy atom. The van der Waals surface area contributed by atoms with Gasteiger partial charge in [0, 0.05) is 19.2 Å². The van der Waals surface area contributed by atoms with Crippen LogP contribution in [0.25, 0.3) is 0 Å². The van der Waals surface area contributed by atoms with Gasteiger partial charge >= 0.3 is 10.2 Å². The average Bonchev–Trinajstić information content (AvgIpc) is 2.70. The lowest BCUT2D eigenvalue weighted by Crippen LogP contribution is -2.28. The van der Waals surface area contributed by atoms with Crippen LogP contribution in [0.5, 0.6) is 0 Å². The Morgan fingerprint density at radius 1 is 1.24 bits per heavy atom. The molecule has 1 aromatic rings. The summed E-state index contributed by atoms with van der Waals surface area (Å²) in [6.07, 6.45) is 0.298. The van der Waals surface area contributed by atoms with Crippen molar-refractivity contribution in [3.63, 3.8) is 0 Å². The number of amides is 1. The smallest absolute Gasteiger partial charge is 0.307 e. The number of hydrogen-bond acceptors (Lipinski definition) is 5. The Balaban J connectivity index is 2.46. The number of carbonyl (C=O) groups is 1. The summed E-state index contributed by atoms with van der Waals surface area (Å²) in [7, 11) is -8.56. The number of sulfone groups is 1. The van der Waals surface area contributed by atoms with Crippen molar-refractivity contribution in [2.75, 3.05) is 17.7 Å². The highest BCUT2D eigenvalue weighted by molar-refractivity contribution is 7.90. The van der Waals surface area contributed by atoms with Crippen LogP contribution in [-0.4, -0.2) is 40.8 Å². The number of anilines is 1. The molecule has 2 rings (SSSR count). The second kappa shape index (κ2) is 5.02. The predicted molar refractivity (Wildman–Crippen MR) is 70.3 cm³/mol. The molecule has 1 aliphatic rings. The Labute approximate surface area is 120 Å². The van der Waals surface area contributed by atoms with Gasteiger partial charge in [-0.25, -0.2) is 12.8 Å². The van der Waals surface area contributed by atoms with E-state index in [9.17, 15) is 29.9 Å². The number of benzene rings is 1. The molecule has 1 unspecified atom stereocenters. The van der Waals surface area contributed by atoms with E-state index in [2.05, 4.69) is 0 Å². The monoisotopic (exact) mass is 339 g/mol. The lowest BCUT2D eigenvalue weighted by molar-refractivity contribution is -0.117. The minimum Gasteiger partial charge on any atom is -0.308 e. The quantitative estimate of drug-likeness (QED) is 0.595. The van der Waals surface area contributed by atoms with Crippen molar-refractivity contribution in [3.8, 4) is 0 Å². The summed E-state index contributed by atoms with van der Waals surface area (Å²) in [5.41, 5.74) is -0.380. The van der Waals surface area contributed by atoms with Crippen molar-refractivity contribution in [1.29, 1.82) is 0 Å². The van der Waals surface area contributed by atoms with Crippen LogP contribution in [0.4, 0.5) is 14.0 Å². The van der Waals surface area contributed by atoms with Crippen molar-refractivity contribution in [1.82, 2.24) is 0 Å². The van der Waals surface area contributed by atoms with E-state index in [1.165, 1.54) is 0 Å². The first kappa shape index (κ1) is 15.8. The Hall–Kier alpha value is -1.55. The standard InChI is InChI=1S/C11H11F2NO5S2/c1-20(16,17)7-2-3-9(12)10(4-7)14-6-8(5-11(14)15)21(13,18)19/h2-4,8H,5-6H2,1H3. The molecule has 0 bridgehead atoms. The molecule has 0 spiro atoms. The fourth-order valence-electron chi connectivity index (χ4n) is 2.03. The third kappa shape index (κ3) is 3.21. The van der Waals surface area contributed by atoms with E-state index in [0.717, 1.165) is 29.4 Å². The van der Waals surface area contributed by atoms with Gasteiger partial charge in [0.1, 0.15) is 11.1 Å². The molecule has 6 nitrogen and oxygen atoms in total. The Bertz CT molecular complexity index is 804. The van der Waals surface area contributed by atoms with E-state index >= 15 is 0 Å². The van der Waals surface area contributed by atoms with Gasteiger partial charge in [-0.05, 0) is 18.2 Å². The number of halogens is 2. The first-order valence-corrected chi connectivity index (χ1v) is 9.07. The third-order valence-electron chi connectivity index (χ3n) is 3.12. The van der Waals surface area contributed by atoms with Gasteiger partial charge in [-0.3, -0.25) is 4.79 Å². The molecule has 0 aromatic heterocycles. The van der Waals surface area contributed by atoms with Crippen LogP contribution in [0.1, 0.15) is 6.42 Å². The van der Waals surface area contributed by atoms with Gasteiger partial charge in [0.2, 0.25) is 5.91 Å². The molecule has 10 heteroatoms. The second-order valence-electron chi connectivity index (χ2n) is 4.69. The molecule has 1 heterocycles. The number of hydrogen-bond donors (Lipinski definition) is 0. The maximum atomic E-state index is 13.8. The van der Waals surface area contributed by atoms with Gasteiger partial charge in [-0.1, -0.05) is 0 Å². The van der Waals surface area contributed by atoms with E-state index in [0.29, 0.717) is 0 Å². The van der Waals surface area contributed by atoms with Crippen molar-refractivity contribution in [2.24, 2.45) is 0 Å². The van der Waals surface area contributed by atoms with E-state index in [1.807, 2.05) is 0 Å². The average molecular weight is 339 g/mol. The molecule has 1 amide bonds. The summed E-state index contributed by atoms with van der Waals surface area (Å²) in [6.45, 7) is -0.554. The van der Waals surface area contributed by atoms with Crippen LogP contribution >= 0.6 is 0 Å². The molecule has 0 saturated carbocycles. The number of rotatable bonds is 3. The van der Waals surface area contributed by atoms with Crippen LogP contribution in [-0.2, 0) is 24.9 Å². The van der Waals surface area contributed by atoms with Gasteiger partial charge in [-0.15, -0.1) is 3.89 Å². The van der Waals surface area contributed by atoms with Crippen LogP contribution < -0.4 is 4.90 Å². The zero-order valence-electron chi connectivity index (χ0n) is 10.8. The topological polar surface area (TPSA) is 88.6 Å². The molecule has 1 saturated heterocycles. The second-order valence-corrected chi connectivity index (χ2v) is 8.32. The van der Waals surface area contributed by atoms with Crippen molar-refractivity contribution in [3.05, 3.63) is 24.0 Å². The van der Waals surface area contributed by atoms with Gasteiger partial charge in [0.05, 0.1) is 10.6 Å². The predicted octanol–water partition coefficient (Wildman–Crippen LogP) is 0.634. The highest BCUT2D eigenvalue weighted by Crippen LogP contribution is 2.29. The van der Waals surface area contributed by atoms with Crippen molar-refractivity contribution in [2.45, 2.75) is 16.6 Å². The molecule has 1 fully saturated rings. The zero-order valence-corrected chi connectivity index (χ0v) is 12.4. The lowest BCUT2D eigenvalue weighted by atomic mass is 10.3. The molecule has 0 aliphatic carbocycles. The van der Waals surface area contributed by atoms with E-state index in [1.54, 1.807) is 0 Å². The zero-order chi connectivity index (χ0) is 16.0. The number of nitrogens with zero attached hydrogens (tertiary/aromatic N) is 1. The van der Waals surface area contributed by atoms with E-state index < -0.39 is 50.0 Å². The molecule has 1 aromatic carbocycles. The van der Waals surface area contributed by atoms with Gasteiger partial charge in [0.25, 0.3) is 0 Å². The maximum Gasteiger partial charge on any atom is 0.307 e. The third-order valence-corrected chi connectivity index (χ3v) is 5.35. The summed E-state index contributed by atoms with van der Waals surface area (Å²) in [5, 5.41) is -1.58. The van der Waals surface area contributed by atoms with Crippen LogP contribution in [0.2, 0.25) is 0 Å². The van der Waals surface area contributed by atoms with E-state index in [4.69, 9.17) is 0 Å². The largest absolute Gasteiger partial charge is 0.308 e. The fraction of sp³-hybridized carbons (Fsp3) is 0.364. The highest BCUT2D eigenvalue weighted by atomic mass is 32.3. The van der Waals surface area contributed by atoms with Crippen LogP contribution in [0.15, 0.2) is 23.1 Å². The minimum atomic E-state index is -4.93. The lowest BCUT2D eigenvalue weighted by Gasteiger charge is -2.17. The summed E-state index contributed by atoms with van der Waals surface area (Å²) in [5.74, 6) is -1.68. The van der Waals surface area contributed by atoms with Gasteiger partial charge < -0.3 is 4.90 Å².